The molecule has 2 aliphatic carbocycles. The van der Waals surface area contributed by atoms with E-state index in [-0.39, 0.29) is 0 Å². The van der Waals surface area contributed by atoms with E-state index < -0.39 is 0 Å². The Bertz CT molecular complexity index is 411. The molecule has 0 aromatic heterocycles. The van der Waals surface area contributed by atoms with E-state index in [9.17, 15) is 0 Å². The summed E-state index contributed by atoms with van der Waals surface area (Å²) >= 11 is 0. The summed E-state index contributed by atoms with van der Waals surface area (Å²) in [5, 5.41) is 3.71. The monoisotopic (exact) mass is 244 g/mol. The summed E-state index contributed by atoms with van der Waals surface area (Å²) in [6.07, 6.45) is 4.03. The highest BCUT2D eigenvalue weighted by molar-refractivity contribution is 5.37. The molecule has 0 amide bonds. The van der Waals surface area contributed by atoms with Crippen LogP contribution in [-0.4, -0.2) is 30.1 Å². The van der Waals surface area contributed by atoms with Gasteiger partial charge in [0.1, 0.15) is 0 Å². The number of benzene rings is 1. The predicted octanol–water partition coefficient (Wildman–Crippen LogP) is 2.75. The second kappa shape index (κ2) is 5.02. The third kappa shape index (κ3) is 2.08. The molecule has 0 aliphatic heterocycles. The number of rotatable bonds is 5. The molecule has 1 aromatic rings. The maximum Gasteiger partial charge on any atom is 0.0484 e. The van der Waals surface area contributed by atoms with E-state index in [1.165, 1.54) is 31.4 Å². The van der Waals surface area contributed by atoms with Gasteiger partial charge in [0.15, 0.2) is 0 Å². The fraction of sp³-hybridized carbons (Fsp3) is 0.625. The van der Waals surface area contributed by atoms with Gasteiger partial charge in [-0.1, -0.05) is 38.1 Å². The summed E-state index contributed by atoms with van der Waals surface area (Å²) in [6, 6.07) is 11.0. The molecule has 0 spiro atoms. The summed E-state index contributed by atoms with van der Waals surface area (Å²) in [5.41, 5.74) is 3.08. The third-order valence-corrected chi connectivity index (χ3v) is 4.44. The Balaban J connectivity index is 1.87. The molecule has 0 heterocycles. The van der Waals surface area contributed by atoms with Gasteiger partial charge in [-0.2, -0.15) is 0 Å². The first-order valence-electron chi connectivity index (χ1n) is 7.42. The number of hydrogen-bond acceptors (Lipinski definition) is 2. The Morgan fingerprint density at radius 1 is 1.22 bits per heavy atom. The third-order valence-electron chi connectivity index (χ3n) is 4.44. The Morgan fingerprint density at radius 2 is 2.00 bits per heavy atom. The summed E-state index contributed by atoms with van der Waals surface area (Å²) in [5.74, 6) is 0. The minimum atomic E-state index is 0.534. The number of nitrogens with zero attached hydrogens (tertiary/aromatic N) is 1. The largest absolute Gasteiger partial charge is 0.309 e. The molecule has 1 fully saturated rings. The van der Waals surface area contributed by atoms with Crippen molar-refractivity contribution in [2.45, 2.75) is 51.2 Å². The Labute approximate surface area is 110 Å². The molecule has 2 heteroatoms. The lowest BCUT2D eigenvalue weighted by Gasteiger charge is -2.33. The SMILES string of the molecule is CCNC1c2ccccc2CC1N(CC)C1CC1. The van der Waals surface area contributed by atoms with Gasteiger partial charge in [0.25, 0.3) is 0 Å². The Hall–Kier alpha value is -0.860. The first-order valence-corrected chi connectivity index (χ1v) is 7.42. The highest BCUT2D eigenvalue weighted by Gasteiger charge is 2.40. The van der Waals surface area contributed by atoms with Gasteiger partial charge in [-0.15, -0.1) is 0 Å². The van der Waals surface area contributed by atoms with E-state index in [1.807, 2.05) is 0 Å². The highest BCUT2D eigenvalue weighted by atomic mass is 15.2. The lowest BCUT2D eigenvalue weighted by molar-refractivity contribution is 0.166. The average molecular weight is 244 g/mol. The van der Waals surface area contributed by atoms with Gasteiger partial charge in [-0.25, -0.2) is 0 Å². The van der Waals surface area contributed by atoms with Crippen LogP contribution in [0.25, 0.3) is 0 Å². The Morgan fingerprint density at radius 3 is 2.67 bits per heavy atom. The lowest BCUT2D eigenvalue weighted by atomic mass is 10.1. The maximum atomic E-state index is 3.71. The topological polar surface area (TPSA) is 15.3 Å². The van der Waals surface area contributed by atoms with Gasteiger partial charge in [0.2, 0.25) is 0 Å². The molecule has 0 radical (unpaired) electrons. The number of fused-ring (bicyclic) bond motifs is 1. The van der Waals surface area contributed by atoms with Gasteiger partial charge in [0, 0.05) is 18.1 Å². The van der Waals surface area contributed by atoms with Crippen LogP contribution in [0.1, 0.15) is 43.9 Å². The van der Waals surface area contributed by atoms with Crippen LogP contribution >= 0.6 is 0 Å². The summed E-state index contributed by atoms with van der Waals surface area (Å²) in [4.78, 5) is 2.73. The molecule has 2 atom stereocenters. The number of hydrogen-bond donors (Lipinski definition) is 1. The zero-order chi connectivity index (χ0) is 12.5. The van der Waals surface area contributed by atoms with E-state index >= 15 is 0 Å². The molecule has 2 aliphatic rings. The second-order valence-corrected chi connectivity index (χ2v) is 5.57. The van der Waals surface area contributed by atoms with Crippen LogP contribution in [0.3, 0.4) is 0 Å². The van der Waals surface area contributed by atoms with Crippen LogP contribution < -0.4 is 5.32 Å². The number of nitrogens with one attached hydrogen (secondary N) is 1. The normalized spacial score (nSPS) is 26.6. The smallest absolute Gasteiger partial charge is 0.0484 e. The molecular weight excluding hydrogens is 220 g/mol. The van der Waals surface area contributed by atoms with Crippen LogP contribution in [0.15, 0.2) is 24.3 Å². The van der Waals surface area contributed by atoms with E-state index in [0.29, 0.717) is 12.1 Å². The maximum absolute atomic E-state index is 3.71. The standard InChI is InChI=1S/C16H24N2/c1-3-17-16-14-8-6-5-7-12(14)11-15(16)18(4-2)13-9-10-13/h5-8,13,15-17H,3-4,9-11H2,1-2H3. The van der Waals surface area contributed by atoms with E-state index in [4.69, 9.17) is 0 Å². The van der Waals surface area contributed by atoms with Crippen molar-refractivity contribution in [1.29, 1.82) is 0 Å². The van der Waals surface area contributed by atoms with Crippen molar-refractivity contribution in [1.82, 2.24) is 10.2 Å². The van der Waals surface area contributed by atoms with Crippen LogP contribution in [0.4, 0.5) is 0 Å². The van der Waals surface area contributed by atoms with E-state index in [0.717, 1.165) is 12.6 Å². The molecule has 0 saturated heterocycles. The highest BCUT2D eigenvalue weighted by Crippen LogP contribution is 2.39. The zero-order valence-corrected chi connectivity index (χ0v) is 11.5. The van der Waals surface area contributed by atoms with Gasteiger partial charge < -0.3 is 5.32 Å². The molecule has 2 unspecified atom stereocenters. The minimum absolute atomic E-state index is 0.534. The van der Waals surface area contributed by atoms with Gasteiger partial charge in [-0.05, 0) is 43.5 Å². The first kappa shape index (κ1) is 12.2. The molecule has 3 rings (SSSR count). The molecular formula is C16H24N2. The summed E-state index contributed by atoms with van der Waals surface area (Å²) < 4.78 is 0. The van der Waals surface area contributed by atoms with E-state index in [2.05, 4.69) is 48.3 Å². The molecule has 98 valence electrons. The van der Waals surface area contributed by atoms with Crippen molar-refractivity contribution in [2.24, 2.45) is 0 Å². The molecule has 2 nitrogen and oxygen atoms in total. The number of likely N-dealkylation sites (N-methyl/N-ethyl adjacent to an activating group) is 2. The van der Waals surface area contributed by atoms with Crippen molar-refractivity contribution in [3.63, 3.8) is 0 Å². The predicted molar refractivity (Wildman–Crippen MR) is 75.8 cm³/mol. The molecule has 1 aromatic carbocycles. The fourth-order valence-corrected chi connectivity index (χ4v) is 3.52. The van der Waals surface area contributed by atoms with Crippen molar-refractivity contribution in [3.05, 3.63) is 35.4 Å². The van der Waals surface area contributed by atoms with Crippen LogP contribution in [0, 0.1) is 0 Å². The van der Waals surface area contributed by atoms with Crippen molar-refractivity contribution < 1.29 is 0 Å². The zero-order valence-electron chi connectivity index (χ0n) is 11.5. The molecule has 0 bridgehead atoms. The van der Waals surface area contributed by atoms with Gasteiger partial charge in [-0.3, -0.25) is 4.90 Å². The Kier molecular flexibility index (Phi) is 3.40. The summed E-state index contributed by atoms with van der Waals surface area (Å²) in [6.45, 7) is 6.76. The average Bonchev–Trinajstić information content (AvgIpc) is 3.16. The summed E-state index contributed by atoms with van der Waals surface area (Å²) in [7, 11) is 0. The van der Waals surface area contributed by atoms with Crippen molar-refractivity contribution >= 4 is 0 Å². The van der Waals surface area contributed by atoms with Crippen LogP contribution in [0.2, 0.25) is 0 Å². The van der Waals surface area contributed by atoms with Crippen molar-refractivity contribution in [2.75, 3.05) is 13.1 Å². The van der Waals surface area contributed by atoms with Crippen LogP contribution in [0.5, 0.6) is 0 Å². The molecule has 1 saturated carbocycles. The van der Waals surface area contributed by atoms with Gasteiger partial charge in [0.05, 0.1) is 0 Å². The lowest BCUT2D eigenvalue weighted by Crippen LogP contribution is -2.44. The second-order valence-electron chi connectivity index (χ2n) is 5.57. The quantitative estimate of drug-likeness (QED) is 0.857. The minimum Gasteiger partial charge on any atom is -0.309 e. The first-order chi connectivity index (χ1) is 8.85. The van der Waals surface area contributed by atoms with Crippen LogP contribution in [-0.2, 0) is 6.42 Å². The molecule has 1 N–H and O–H groups in total. The van der Waals surface area contributed by atoms with Crippen molar-refractivity contribution in [3.8, 4) is 0 Å². The van der Waals surface area contributed by atoms with E-state index in [1.54, 1.807) is 5.56 Å². The fourth-order valence-electron chi connectivity index (χ4n) is 3.52. The molecule has 18 heavy (non-hydrogen) atoms. The van der Waals surface area contributed by atoms with Gasteiger partial charge >= 0.3 is 0 Å².